The molecule has 20 aromatic carbocycles. The molecule has 0 saturated heterocycles. The third-order valence-electron chi connectivity index (χ3n) is 27.3. The molecule has 1 unspecified atom stereocenters. The zero-order chi connectivity index (χ0) is 98.0. The number of rotatable bonds is 22. The summed E-state index contributed by atoms with van der Waals surface area (Å²) in [5.41, 5.74) is 41.2. The number of aryl methyl sites for hydroxylation is 10. The van der Waals surface area contributed by atoms with Crippen molar-refractivity contribution in [1.82, 2.24) is 0 Å². The quantitative estimate of drug-likeness (QED) is 0.0626. The van der Waals surface area contributed by atoms with Gasteiger partial charge in [-0.1, -0.05) is 323 Å². The summed E-state index contributed by atoms with van der Waals surface area (Å²) >= 11 is 0. The number of benzene rings is 20. The largest absolute Gasteiger partial charge is 0.311 e. The van der Waals surface area contributed by atoms with E-state index in [0.29, 0.717) is 0 Å². The molecule has 0 amide bonds. The molecule has 20 aromatic rings. The summed E-state index contributed by atoms with van der Waals surface area (Å²) < 4.78 is 12.6. The van der Waals surface area contributed by atoms with Crippen LogP contribution in [0.3, 0.4) is 0 Å². The van der Waals surface area contributed by atoms with Gasteiger partial charge in [0.05, 0.1) is 12.7 Å². The minimum atomic E-state index is 0. The predicted molar refractivity (Wildman–Crippen MR) is 613 cm³/mol. The molecular weight excluding hydrogens is 1720 g/mol. The first-order valence-corrected chi connectivity index (χ1v) is 49.6. The Labute approximate surface area is 842 Å². The van der Waals surface area contributed by atoms with Crippen LogP contribution in [-0.4, -0.2) is 7.92 Å². The smallest absolute Gasteiger partial charge is 0.0543 e. The molecule has 0 radical (unpaired) electrons. The number of fused-ring (bicyclic) bond motifs is 2. The van der Waals surface area contributed by atoms with Crippen LogP contribution in [0.25, 0.3) is 43.8 Å². The van der Waals surface area contributed by atoms with Gasteiger partial charge < -0.3 is 29.4 Å². The van der Waals surface area contributed by atoms with Crippen LogP contribution >= 0.6 is 9.18 Å². The predicted octanol–water partition coefficient (Wildman–Crippen LogP) is 39.0. The second-order valence-corrected chi connectivity index (χ2v) is 37.1. The summed E-state index contributed by atoms with van der Waals surface area (Å²) in [5.74, 6) is 0. The summed E-state index contributed by atoms with van der Waals surface area (Å²) in [7, 11) is 0.0571. The maximum atomic E-state index is 6.29. The van der Waals surface area contributed by atoms with Crippen molar-refractivity contribution in [3.63, 3.8) is 0 Å². The second kappa shape index (κ2) is 44.7. The fraction of sp³-hybridized carbons (Fsp3) is 0.134. The van der Waals surface area contributed by atoms with E-state index >= 15 is 0 Å². The standard InChI is InChI=1S/C46H36N2.C46H46N2.C40H36N2.CH5P.CH4/c1-33-31-39(47(37-19-5-3-6-20-37)45-25-13-17-35-15-9-11-23-43(35)45)27-29-41(33)42-30-28-40(32-34(42)2)48(38-21-7-4-8-22-38)46-26-14-18-36-16-10-12-24-44(36)46;1-34-8-20-40(21-9-34)47(41-22-10-35(2)11-23-41)44-28-16-38(17-29-44)46(32-6-5-7-33-46)39-18-30-45(31-19-39)48(42-24-12-36(3)13-25-42)43-26-14-37(4)15-27-43;1-29-13-11-19-35(25-29)41(33-15-7-5-8-16-33)37-21-23-39(31(3)27-37)40-24-22-38(28-32(40)4)42(34-17-9-6-10-18-34)36-20-12-14-30(2)26-36;1-2;/h3-32H,1-2H3;8-31H,5-7,32-33H2,1-4H3;5-28H,1-4H3;2H2,1H3;1H4/i;;;1T,2D;. The van der Waals surface area contributed by atoms with Gasteiger partial charge in [-0.2, -0.15) is 0 Å². The van der Waals surface area contributed by atoms with Gasteiger partial charge >= 0.3 is 0 Å². The van der Waals surface area contributed by atoms with Gasteiger partial charge in [-0.25, -0.2) is 0 Å². The average Bonchev–Trinajstić information content (AvgIpc) is 0.767. The lowest BCUT2D eigenvalue weighted by Gasteiger charge is -2.39. The van der Waals surface area contributed by atoms with Gasteiger partial charge in [0.15, 0.2) is 0 Å². The topological polar surface area (TPSA) is 19.4 Å². The third-order valence-corrected chi connectivity index (χ3v) is 27.3. The Kier molecular flexibility index (Phi) is 29.9. The first kappa shape index (κ1) is 94.1. The number of anilines is 18. The Balaban J connectivity index is 0.000000144. The lowest BCUT2D eigenvalue weighted by molar-refractivity contribution is 0.346. The number of nitrogens with zero attached hydrogens (tertiary/aromatic N) is 6. The number of hydrogen-bond donors (Lipinski definition) is 0. The molecule has 0 aromatic heterocycles. The van der Waals surface area contributed by atoms with Gasteiger partial charge in [-0.05, 0) is 366 Å². The highest BCUT2D eigenvalue weighted by molar-refractivity contribution is 7.15. The SMILES string of the molecule is C.Cc1cc(N(c2ccccc2)c2cccc3ccccc23)ccc1-c1ccc(N(c2ccccc2)c2cccc3ccccc23)cc1C.Cc1ccc(N(c2ccc(C)cc2)c2ccc(C3(c4ccc(N(c5ccc(C)cc5)c5ccc(C)cc5)cc4)CCCCC3)cc2)cc1.Cc1cccc(N(c2ccccc2)c2ccc(-c3ccc(N(c4ccccc4)c4cccc(C)c4)cc3C)c(C)c2)c1.[2H]PC[3H]. The fourth-order valence-electron chi connectivity index (χ4n) is 20.2. The summed E-state index contributed by atoms with van der Waals surface area (Å²) in [5, 5.41) is 4.92. The maximum Gasteiger partial charge on any atom is 0.0543 e. The highest BCUT2D eigenvalue weighted by Gasteiger charge is 2.37. The van der Waals surface area contributed by atoms with E-state index in [0.717, 1.165) is 56.9 Å². The minimum Gasteiger partial charge on any atom is -0.311 e. The van der Waals surface area contributed by atoms with Crippen LogP contribution in [0, 0.1) is 69.2 Å². The highest BCUT2D eigenvalue weighted by Crippen LogP contribution is 2.51. The van der Waals surface area contributed by atoms with E-state index < -0.39 is 0 Å². The van der Waals surface area contributed by atoms with Gasteiger partial charge in [-0.3, -0.25) is 0 Å². The molecule has 0 N–H and O–H groups in total. The Morgan fingerprint density at radius 3 is 0.716 bits per heavy atom. The van der Waals surface area contributed by atoms with Gasteiger partial charge in [0.25, 0.3) is 0 Å². The summed E-state index contributed by atoms with van der Waals surface area (Å²) in [6, 6.07) is 172. The van der Waals surface area contributed by atoms with Crippen LogP contribution < -0.4 is 29.4 Å². The van der Waals surface area contributed by atoms with Gasteiger partial charge in [0.1, 0.15) is 0 Å². The molecule has 0 aliphatic heterocycles. The molecule has 1 fully saturated rings. The van der Waals surface area contributed by atoms with Crippen LogP contribution in [0.1, 0.15) is 108 Å². The Bertz CT molecular complexity index is 7080. The Hall–Kier alpha value is -15.9. The molecule has 1 saturated carbocycles. The minimum absolute atomic E-state index is 0. The van der Waals surface area contributed by atoms with Crippen LogP contribution in [0.2, 0.25) is 0 Å². The van der Waals surface area contributed by atoms with Crippen molar-refractivity contribution < 1.29 is 1.37 Å². The Morgan fingerprint density at radius 2 is 0.433 bits per heavy atom. The molecule has 1 atom stereocenters. The molecule has 21 rings (SSSR count). The zero-order valence-corrected chi connectivity index (χ0v) is 83.0. The van der Waals surface area contributed by atoms with Gasteiger partial charge in [-0.15, -0.1) is 9.18 Å². The van der Waals surface area contributed by atoms with E-state index in [1.54, 1.807) is 0 Å². The lowest BCUT2D eigenvalue weighted by Crippen LogP contribution is -2.30. The van der Waals surface area contributed by atoms with Crippen molar-refractivity contribution in [2.45, 2.75) is 114 Å². The van der Waals surface area contributed by atoms with E-state index in [1.807, 2.05) is 0 Å². The van der Waals surface area contributed by atoms with E-state index in [9.17, 15) is 0 Å². The molecule has 0 heterocycles. The van der Waals surface area contributed by atoms with Crippen molar-refractivity contribution in [2.75, 3.05) is 36.0 Å². The second-order valence-electron chi connectivity index (χ2n) is 37.1. The number of hydrogen-bond acceptors (Lipinski definition) is 6. The molecule has 6 nitrogen and oxygen atoms in total. The zero-order valence-electron chi connectivity index (χ0n) is 84.0. The molecule has 1 aliphatic carbocycles. The van der Waals surface area contributed by atoms with Gasteiger partial charge in [0, 0.05) is 109 Å². The van der Waals surface area contributed by atoms with E-state index in [4.69, 9.17) is 2.65 Å². The monoisotopic (exact) mass is 1850 g/mol. The van der Waals surface area contributed by atoms with Crippen molar-refractivity contribution >= 4 is 133 Å². The normalized spacial score (nSPS) is 12.1. The molecular formula is C134H127N6P. The molecule has 0 spiro atoms. The average molecular weight is 1860 g/mol. The van der Waals surface area contributed by atoms with E-state index in [-0.39, 0.29) is 28.7 Å². The fourth-order valence-corrected chi connectivity index (χ4v) is 20.2. The Morgan fingerprint density at radius 1 is 0.213 bits per heavy atom. The first-order valence-electron chi connectivity index (χ1n) is 50.1. The summed E-state index contributed by atoms with van der Waals surface area (Å²) in [6.07, 6.45) is 6.15. The number of para-hydroxylation sites is 4. The van der Waals surface area contributed by atoms with Crippen LogP contribution in [-0.2, 0) is 5.41 Å². The molecule has 141 heavy (non-hydrogen) atoms. The third kappa shape index (κ3) is 21.7. The first-order chi connectivity index (χ1) is 69.4. The maximum absolute atomic E-state index is 6.29. The lowest BCUT2D eigenvalue weighted by atomic mass is 9.65. The van der Waals surface area contributed by atoms with Crippen molar-refractivity contribution in [1.29, 1.82) is 1.28 Å². The van der Waals surface area contributed by atoms with Crippen LogP contribution in [0.4, 0.5) is 102 Å². The molecule has 0 bridgehead atoms. The van der Waals surface area contributed by atoms with Crippen molar-refractivity contribution in [2.24, 2.45) is 0 Å². The van der Waals surface area contributed by atoms with Gasteiger partial charge in [0.2, 0.25) is 0 Å². The summed E-state index contributed by atoms with van der Waals surface area (Å²) in [6.45, 7) is 22.0. The van der Waals surface area contributed by atoms with Crippen molar-refractivity contribution in [3.8, 4) is 22.3 Å². The highest BCUT2D eigenvalue weighted by atomic mass is 31.0. The van der Waals surface area contributed by atoms with Crippen molar-refractivity contribution in [3.05, 3.63) is 540 Å². The van der Waals surface area contributed by atoms with E-state index in [2.05, 4.69) is 572 Å². The molecule has 7 heteroatoms. The van der Waals surface area contributed by atoms with Crippen LogP contribution in [0.15, 0.2) is 473 Å². The van der Waals surface area contributed by atoms with E-state index in [1.165, 1.54) is 188 Å². The van der Waals surface area contributed by atoms with Crippen LogP contribution in [0.5, 0.6) is 0 Å². The molecule has 698 valence electrons. The summed E-state index contributed by atoms with van der Waals surface area (Å²) in [4.78, 5) is 14.2. The molecule has 1 aliphatic rings.